The Morgan fingerprint density at radius 3 is 2.76 bits per heavy atom. The number of aromatic nitrogens is 3. The quantitative estimate of drug-likeness (QED) is 0.605. The SMILES string of the molecule is CS(=O)(=O)C1(c2nc(-c3cccc4[nH]ccc34)nc3c2OCC[C@@H]2COCCN32)CCOCC1. The van der Waals surface area contributed by atoms with Gasteiger partial charge in [-0.05, 0) is 25.0 Å². The van der Waals surface area contributed by atoms with E-state index in [1.54, 1.807) is 0 Å². The van der Waals surface area contributed by atoms with Gasteiger partial charge in [-0.25, -0.2) is 18.4 Å². The Balaban J connectivity index is 1.65. The van der Waals surface area contributed by atoms with Gasteiger partial charge < -0.3 is 24.1 Å². The highest BCUT2D eigenvalue weighted by atomic mass is 32.2. The maximum absolute atomic E-state index is 13.4. The summed E-state index contributed by atoms with van der Waals surface area (Å²) < 4.78 is 43.1. The lowest BCUT2D eigenvalue weighted by atomic mass is 9.93. The molecular weight excluding hydrogens is 456 g/mol. The number of nitrogens with one attached hydrogen (secondary N) is 1. The highest BCUT2D eigenvalue weighted by Crippen LogP contribution is 2.48. The number of nitrogens with zero attached hydrogens (tertiary/aromatic N) is 3. The maximum Gasteiger partial charge on any atom is 0.185 e. The van der Waals surface area contributed by atoms with Gasteiger partial charge in [0.15, 0.2) is 27.2 Å². The Kier molecular flexibility index (Phi) is 5.27. The Morgan fingerprint density at radius 2 is 1.94 bits per heavy atom. The first-order valence-corrected chi connectivity index (χ1v) is 13.6. The van der Waals surface area contributed by atoms with Gasteiger partial charge in [0.1, 0.15) is 10.4 Å². The molecule has 34 heavy (non-hydrogen) atoms. The van der Waals surface area contributed by atoms with Crippen LogP contribution in [0.15, 0.2) is 30.5 Å². The second-order valence-corrected chi connectivity index (χ2v) is 11.6. The average molecular weight is 485 g/mol. The van der Waals surface area contributed by atoms with Crippen LogP contribution in [0.5, 0.6) is 5.75 Å². The minimum atomic E-state index is -3.55. The Labute approximate surface area is 198 Å². The van der Waals surface area contributed by atoms with Crippen LogP contribution >= 0.6 is 0 Å². The van der Waals surface area contributed by atoms with Crippen molar-refractivity contribution in [2.24, 2.45) is 0 Å². The molecule has 3 aliphatic rings. The molecule has 6 rings (SSSR count). The van der Waals surface area contributed by atoms with E-state index in [-0.39, 0.29) is 6.04 Å². The number of benzene rings is 1. The molecule has 2 saturated heterocycles. The van der Waals surface area contributed by atoms with E-state index in [1.807, 2.05) is 30.5 Å². The van der Waals surface area contributed by atoms with E-state index in [0.29, 0.717) is 75.5 Å². The van der Waals surface area contributed by atoms with Crippen molar-refractivity contribution in [2.45, 2.75) is 30.1 Å². The molecule has 0 spiro atoms. The van der Waals surface area contributed by atoms with Crippen molar-refractivity contribution >= 4 is 26.6 Å². The molecule has 1 atom stereocenters. The minimum Gasteiger partial charge on any atom is -0.488 e. The predicted octanol–water partition coefficient (Wildman–Crippen LogP) is 2.66. The van der Waals surface area contributed by atoms with Gasteiger partial charge in [-0.15, -0.1) is 0 Å². The lowest BCUT2D eigenvalue weighted by Crippen LogP contribution is -2.46. The molecule has 0 radical (unpaired) electrons. The molecule has 2 fully saturated rings. The summed E-state index contributed by atoms with van der Waals surface area (Å²) in [7, 11) is -3.55. The monoisotopic (exact) mass is 484 g/mol. The van der Waals surface area contributed by atoms with Gasteiger partial charge in [0, 0.05) is 55.1 Å². The van der Waals surface area contributed by atoms with Crippen LogP contribution in [0.1, 0.15) is 25.0 Å². The molecule has 0 bridgehead atoms. The summed E-state index contributed by atoms with van der Waals surface area (Å²) in [6, 6.07) is 8.05. The third-order valence-corrected chi connectivity index (χ3v) is 9.34. The minimum absolute atomic E-state index is 0.123. The number of aromatic amines is 1. The fraction of sp³-hybridized carbons (Fsp3) is 0.500. The number of anilines is 1. The molecule has 0 amide bonds. The molecular formula is C24H28N4O5S. The molecule has 1 N–H and O–H groups in total. The zero-order valence-corrected chi connectivity index (χ0v) is 19.9. The summed E-state index contributed by atoms with van der Waals surface area (Å²) in [4.78, 5) is 15.5. The number of fused-ring (bicyclic) bond motifs is 4. The zero-order chi connectivity index (χ0) is 23.3. The second kappa shape index (κ2) is 8.21. The number of rotatable bonds is 3. The average Bonchev–Trinajstić information content (AvgIpc) is 3.25. The second-order valence-electron chi connectivity index (χ2n) is 9.23. The van der Waals surface area contributed by atoms with Gasteiger partial charge in [0.05, 0.1) is 25.9 Å². The molecule has 180 valence electrons. The third-order valence-electron chi connectivity index (χ3n) is 7.32. The standard InChI is InChI=1S/C24H28N4O5S/c1-34(29,30)24(7-12-31-13-8-24)21-20-23(28-10-14-32-15-16(28)6-11-33-20)27-22(26-21)18-3-2-4-19-17(18)5-9-25-19/h2-5,9,16,25H,6-8,10-15H2,1H3/t16-/m1/s1. The van der Waals surface area contributed by atoms with E-state index in [0.717, 1.165) is 22.9 Å². The van der Waals surface area contributed by atoms with Gasteiger partial charge in [-0.1, -0.05) is 12.1 Å². The van der Waals surface area contributed by atoms with Gasteiger partial charge in [-0.2, -0.15) is 0 Å². The molecule has 9 nitrogen and oxygen atoms in total. The smallest absolute Gasteiger partial charge is 0.185 e. The van der Waals surface area contributed by atoms with E-state index >= 15 is 0 Å². The van der Waals surface area contributed by atoms with Gasteiger partial charge in [-0.3, -0.25) is 0 Å². The van der Waals surface area contributed by atoms with Crippen molar-refractivity contribution in [2.75, 3.05) is 50.7 Å². The largest absolute Gasteiger partial charge is 0.488 e. The van der Waals surface area contributed by atoms with Crippen LogP contribution in [0.25, 0.3) is 22.3 Å². The first-order chi connectivity index (χ1) is 16.5. The van der Waals surface area contributed by atoms with Crippen LogP contribution in [0.4, 0.5) is 5.82 Å². The number of sulfone groups is 1. The normalized spacial score (nSPS) is 22.5. The lowest BCUT2D eigenvalue weighted by molar-refractivity contribution is 0.0722. The van der Waals surface area contributed by atoms with Gasteiger partial charge >= 0.3 is 0 Å². The molecule has 10 heteroatoms. The van der Waals surface area contributed by atoms with Crippen LogP contribution in [-0.4, -0.2) is 75.2 Å². The molecule has 2 aromatic heterocycles. The van der Waals surface area contributed by atoms with Crippen molar-refractivity contribution in [3.8, 4) is 17.1 Å². The number of hydrogen-bond donors (Lipinski definition) is 1. The fourth-order valence-electron chi connectivity index (χ4n) is 5.43. The van der Waals surface area contributed by atoms with Crippen molar-refractivity contribution in [3.05, 3.63) is 36.2 Å². The molecule has 0 saturated carbocycles. The first-order valence-electron chi connectivity index (χ1n) is 11.7. The van der Waals surface area contributed by atoms with Crippen molar-refractivity contribution < 1.29 is 22.6 Å². The Morgan fingerprint density at radius 1 is 1.09 bits per heavy atom. The number of H-pyrrole nitrogens is 1. The molecule has 5 heterocycles. The van der Waals surface area contributed by atoms with Crippen molar-refractivity contribution in [3.63, 3.8) is 0 Å². The van der Waals surface area contributed by atoms with Crippen LogP contribution < -0.4 is 9.64 Å². The highest BCUT2D eigenvalue weighted by molar-refractivity contribution is 7.91. The van der Waals surface area contributed by atoms with E-state index < -0.39 is 14.6 Å². The van der Waals surface area contributed by atoms with Crippen molar-refractivity contribution in [1.82, 2.24) is 15.0 Å². The van der Waals surface area contributed by atoms with Gasteiger partial charge in [0.25, 0.3) is 0 Å². The molecule has 3 aromatic rings. The number of ether oxygens (including phenoxy) is 3. The summed E-state index contributed by atoms with van der Waals surface area (Å²) in [5.41, 5.74) is 2.28. The molecule has 0 aliphatic carbocycles. The summed E-state index contributed by atoms with van der Waals surface area (Å²) in [5, 5.41) is 0.988. The highest BCUT2D eigenvalue weighted by Gasteiger charge is 2.49. The molecule has 1 aromatic carbocycles. The summed E-state index contributed by atoms with van der Waals surface area (Å²) in [5.74, 6) is 1.65. The van der Waals surface area contributed by atoms with E-state index in [9.17, 15) is 8.42 Å². The molecule has 3 aliphatic heterocycles. The predicted molar refractivity (Wildman–Crippen MR) is 128 cm³/mol. The summed E-state index contributed by atoms with van der Waals surface area (Å²) in [6.45, 7) is 3.01. The Hall–Kier alpha value is -2.69. The topological polar surface area (TPSA) is 107 Å². The molecule has 0 unspecified atom stereocenters. The van der Waals surface area contributed by atoms with Gasteiger partial charge in [0.2, 0.25) is 0 Å². The fourth-order valence-corrected chi connectivity index (χ4v) is 6.83. The van der Waals surface area contributed by atoms with E-state index in [2.05, 4.69) is 9.88 Å². The van der Waals surface area contributed by atoms with Crippen LogP contribution in [0.3, 0.4) is 0 Å². The van der Waals surface area contributed by atoms with Crippen molar-refractivity contribution in [1.29, 1.82) is 0 Å². The van der Waals surface area contributed by atoms with Crippen LogP contribution in [-0.2, 0) is 24.1 Å². The first kappa shape index (κ1) is 21.8. The zero-order valence-electron chi connectivity index (χ0n) is 19.1. The van der Waals surface area contributed by atoms with Crippen LogP contribution in [0, 0.1) is 0 Å². The van der Waals surface area contributed by atoms with E-state index in [4.69, 9.17) is 24.2 Å². The number of morpholine rings is 1. The number of hydrogen-bond acceptors (Lipinski definition) is 8. The Bertz CT molecular complexity index is 1330. The van der Waals surface area contributed by atoms with E-state index in [1.165, 1.54) is 6.26 Å². The third kappa shape index (κ3) is 3.38. The van der Waals surface area contributed by atoms with Crippen LogP contribution in [0.2, 0.25) is 0 Å². The summed E-state index contributed by atoms with van der Waals surface area (Å²) in [6.07, 6.45) is 4.62. The maximum atomic E-state index is 13.4. The lowest BCUT2D eigenvalue weighted by Gasteiger charge is -2.38. The summed E-state index contributed by atoms with van der Waals surface area (Å²) >= 11 is 0.